The molecule has 1 amide bonds. The van der Waals surface area contributed by atoms with Crippen molar-refractivity contribution in [1.29, 1.82) is 0 Å². The van der Waals surface area contributed by atoms with E-state index in [-0.39, 0.29) is 6.61 Å². The molecule has 2 fully saturated rings. The maximum Gasteiger partial charge on any atom is 0.407 e. The molecule has 0 saturated carbocycles. The number of aliphatic hydroxyl groups is 1. The third-order valence-corrected chi connectivity index (χ3v) is 6.87. The van der Waals surface area contributed by atoms with Gasteiger partial charge in [-0.2, -0.15) is 0 Å². The molecular formula is C23H24Cl3NO6S. The Bertz CT molecular complexity index is 961. The van der Waals surface area contributed by atoms with Gasteiger partial charge in [-0.1, -0.05) is 94.6 Å². The summed E-state index contributed by atoms with van der Waals surface area (Å²) in [4.78, 5) is 13.3. The summed E-state index contributed by atoms with van der Waals surface area (Å²) >= 11 is 18.4. The summed E-state index contributed by atoms with van der Waals surface area (Å²) in [5.41, 5.74) is 1.27. The predicted molar refractivity (Wildman–Crippen MR) is 130 cm³/mol. The molecule has 0 spiro atoms. The lowest BCUT2D eigenvalue weighted by atomic mass is 9.97. The molecule has 7 nitrogen and oxygen atoms in total. The zero-order valence-corrected chi connectivity index (χ0v) is 21.2. The van der Waals surface area contributed by atoms with Crippen LogP contribution in [0.5, 0.6) is 0 Å². The van der Waals surface area contributed by atoms with Crippen molar-refractivity contribution in [3.8, 4) is 0 Å². The second-order valence-electron chi connectivity index (χ2n) is 8.00. The first-order chi connectivity index (χ1) is 16.2. The first-order valence-corrected chi connectivity index (χ1v) is 12.6. The fourth-order valence-corrected chi connectivity index (χ4v) is 5.00. The zero-order chi connectivity index (χ0) is 24.3. The molecule has 6 atom stereocenters. The van der Waals surface area contributed by atoms with Crippen molar-refractivity contribution >= 4 is 52.7 Å². The minimum atomic E-state index is -1.76. The summed E-state index contributed by atoms with van der Waals surface area (Å²) in [6.07, 6.45) is -3.91. The van der Waals surface area contributed by atoms with Crippen molar-refractivity contribution in [3.63, 3.8) is 0 Å². The van der Waals surface area contributed by atoms with Crippen LogP contribution in [-0.4, -0.2) is 58.0 Å². The zero-order valence-electron chi connectivity index (χ0n) is 18.1. The van der Waals surface area contributed by atoms with E-state index < -0.39 is 52.6 Å². The van der Waals surface area contributed by atoms with Crippen LogP contribution < -0.4 is 5.32 Å². The first-order valence-electron chi connectivity index (χ1n) is 10.6. The average Bonchev–Trinajstić information content (AvgIpc) is 2.81. The number of alkyl halides is 3. The predicted octanol–water partition coefficient (Wildman–Crippen LogP) is 4.75. The lowest BCUT2D eigenvalue weighted by Crippen LogP contribution is -2.65. The molecule has 34 heavy (non-hydrogen) atoms. The average molecular weight is 549 g/mol. The van der Waals surface area contributed by atoms with E-state index in [2.05, 4.69) is 5.32 Å². The summed E-state index contributed by atoms with van der Waals surface area (Å²) in [7, 11) is 0. The number of alkyl carbamates (subject to hydrolysis) is 1. The number of hydrogen-bond donors (Lipinski definition) is 2. The van der Waals surface area contributed by atoms with Gasteiger partial charge in [-0.3, -0.25) is 0 Å². The van der Waals surface area contributed by atoms with Crippen LogP contribution in [0.3, 0.4) is 0 Å². The fraction of sp³-hybridized carbons (Fsp3) is 0.435. The first kappa shape index (κ1) is 25.9. The molecular weight excluding hydrogens is 525 g/mol. The van der Waals surface area contributed by atoms with Crippen molar-refractivity contribution in [3.05, 3.63) is 65.7 Å². The molecule has 2 N–H and O–H groups in total. The Morgan fingerprint density at radius 1 is 1.15 bits per heavy atom. The number of fused-ring (bicyclic) bond motifs is 1. The summed E-state index contributed by atoms with van der Waals surface area (Å²) in [5.74, 6) is 0. The normalized spacial score (nSPS) is 29.2. The van der Waals surface area contributed by atoms with Crippen LogP contribution in [0.4, 0.5) is 4.79 Å². The fourth-order valence-electron chi connectivity index (χ4n) is 3.70. The quantitative estimate of drug-likeness (QED) is 0.522. The van der Waals surface area contributed by atoms with Gasteiger partial charge in [-0.25, -0.2) is 4.79 Å². The van der Waals surface area contributed by atoms with Gasteiger partial charge in [0.2, 0.25) is 3.79 Å². The molecule has 11 heteroatoms. The highest BCUT2D eigenvalue weighted by Gasteiger charge is 2.50. The lowest BCUT2D eigenvalue weighted by Gasteiger charge is -2.47. The van der Waals surface area contributed by atoms with E-state index in [9.17, 15) is 9.90 Å². The largest absolute Gasteiger partial charge is 0.445 e. The van der Waals surface area contributed by atoms with Crippen LogP contribution in [-0.2, 0) is 18.9 Å². The van der Waals surface area contributed by atoms with Gasteiger partial charge in [0.05, 0.1) is 12.6 Å². The second-order valence-corrected chi connectivity index (χ2v) is 11.7. The van der Waals surface area contributed by atoms with Gasteiger partial charge in [0.1, 0.15) is 30.4 Å². The van der Waals surface area contributed by atoms with Gasteiger partial charge in [0, 0.05) is 10.5 Å². The second kappa shape index (κ2) is 11.2. The third kappa shape index (κ3) is 6.71. The summed E-state index contributed by atoms with van der Waals surface area (Å²) in [6, 6.07) is 16.4. The Labute approximate surface area is 216 Å². The molecule has 2 aromatic carbocycles. The van der Waals surface area contributed by atoms with Crippen molar-refractivity contribution < 1.29 is 28.8 Å². The van der Waals surface area contributed by atoms with Gasteiger partial charge in [0.25, 0.3) is 0 Å². The molecule has 2 saturated heterocycles. The number of aliphatic hydroxyl groups excluding tert-OH is 1. The molecule has 2 aliphatic heterocycles. The lowest BCUT2D eigenvalue weighted by molar-refractivity contribution is -0.306. The number of nitrogens with one attached hydrogen (secondary N) is 1. The summed E-state index contributed by atoms with van der Waals surface area (Å²) < 4.78 is 21.4. The highest BCUT2D eigenvalue weighted by molar-refractivity contribution is 7.99. The molecule has 0 aliphatic carbocycles. The standard InChI is InChI=1S/C23H24Cl3NO6S/c1-13-7-9-15(10-8-13)34-21-17(27-22(29)31-12-23(24,25)26)18(28)19-16(32-21)11-30-20(33-19)14-5-3-2-4-6-14/h2-10,16-21,28H,11-12H2,1H3,(H,27,29)/t16-,17-,18-,19-,20?,21+/m1/s1. The smallest absolute Gasteiger partial charge is 0.407 e. The summed E-state index contributed by atoms with van der Waals surface area (Å²) in [5, 5.41) is 13.9. The molecule has 2 aliphatic rings. The molecule has 2 heterocycles. The minimum absolute atomic E-state index is 0.219. The van der Waals surface area contributed by atoms with E-state index in [0.717, 1.165) is 16.0 Å². The Hall–Kier alpha value is -1.23. The van der Waals surface area contributed by atoms with E-state index >= 15 is 0 Å². The van der Waals surface area contributed by atoms with Crippen LogP contribution >= 0.6 is 46.6 Å². The number of aryl methyl sites for hydroxylation is 1. The van der Waals surface area contributed by atoms with E-state index in [4.69, 9.17) is 53.8 Å². The highest BCUT2D eigenvalue weighted by atomic mass is 35.6. The van der Waals surface area contributed by atoms with Crippen molar-refractivity contribution in [1.82, 2.24) is 5.32 Å². The Morgan fingerprint density at radius 3 is 2.53 bits per heavy atom. The molecule has 0 aromatic heterocycles. The van der Waals surface area contributed by atoms with Crippen LogP contribution in [0.1, 0.15) is 17.4 Å². The number of benzene rings is 2. The molecule has 0 bridgehead atoms. The third-order valence-electron chi connectivity index (χ3n) is 5.36. The highest BCUT2D eigenvalue weighted by Crippen LogP contribution is 2.39. The van der Waals surface area contributed by atoms with Gasteiger partial charge in [0.15, 0.2) is 6.29 Å². The minimum Gasteiger partial charge on any atom is -0.445 e. The van der Waals surface area contributed by atoms with Gasteiger partial charge in [-0.05, 0) is 19.1 Å². The van der Waals surface area contributed by atoms with Crippen LogP contribution in [0.2, 0.25) is 0 Å². The van der Waals surface area contributed by atoms with Crippen LogP contribution in [0, 0.1) is 6.92 Å². The Kier molecular flexibility index (Phi) is 8.53. The maximum atomic E-state index is 12.4. The van der Waals surface area contributed by atoms with E-state index in [1.807, 2.05) is 61.5 Å². The van der Waals surface area contributed by atoms with Gasteiger partial charge < -0.3 is 29.4 Å². The van der Waals surface area contributed by atoms with E-state index in [1.165, 1.54) is 11.8 Å². The molecule has 4 rings (SSSR count). The van der Waals surface area contributed by atoms with Gasteiger partial charge in [-0.15, -0.1) is 0 Å². The number of hydrogen-bond acceptors (Lipinski definition) is 7. The van der Waals surface area contributed by atoms with Gasteiger partial charge >= 0.3 is 6.09 Å². The van der Waals surface area contributed by atoms with Crippen LogP contribution in [0.25, 0.3) is 0 Å². The molecule has 0 radical (unpaired) electrons. The van der Waals surface area contributed by atoms with Crippen molar-refractivity contribution in [2.45, 2.75) is 51.7 Å². The number of ether oxygens (including phenoxy) is 4. The topological polar surface area (TPSA) is 86.3 Å². The summed E-state index contributed by atoms with van der Waals surface area (Å²) in [6.45, 7) is 1.76. The number of carbonyl (C=O) groups excluding carboxylic acids is 1. The Morgan fingerprint density at radius 2 is 1.85 bits per heavy atom. The van der Waals surface area contributed by atoms with Crippen molar-refractivity contribution in [2.24, 2.45) is 0 Å². The molecule has 2 aromatic rings. The van der Waals surface area contributed by atoms with E-state index in [0.29, 0.717) is 0 Å². The number of rotatable bonds is 5. The number of carbonyl (C=O) groups is 1. The maximum absolute atomic E-state index is 12.4. The number of amides is 1. The van der Waals surface area contributed by atoms with Crippen LogP contribution in [0.15, 0.2) is 59.5 Å². The van der Waals surface area contributed by atoms with Crippen molar-refractivity contribution in [2.75, 3.05) is 13.2 Å². The molecule has 184 valence electrons. The molecule has 1 unspecified atom stereocenters. The SMILES string of the molecule is Cc1ccc(S[C@@H]2O[C@@H]3COC(c4ccccc4)O[C@H]3[C@H](O)[C@H]2NC(=O)OCC(Cl)(Cl)Cl)cc1. The monoisotopic (exact) mass is 547 g/mol. The number of halogens is 3. The van der Waals surface area contributed by atoms with E-state index in [1.54, 1.807) is 0 Å². The number of thioether (sulfide) groups is 1. The Balaban J connectivity index is 1.51.